The van der Waals surface area contributed by atoms with Crippen molar-refractivity contribution < 1.29 is 44.7 Å². The average Bonchev–Trinajstić information content (AvgIpc) is 3.87. The number of amides is 2. The van der Waals surface area contributed by atoms with E-state index in [1.54, 1.807) is 47.2 Å². The lowest BCUT2D eigenvalue weighted by atomic mass is 9.94. The maximum Gasteiger partial charge on any atom is 0.501 e. The lowest BCUT2D eigenvalue weighted by molar-refractivity contribution is -0.0436. The van der Waals surface area contributed by atoms with Crippen LogP contribution in [0.2, 0.25) is 0 Å². The van der Waals surface area contributed by atoms with E-state index in [2.05, 4.69) is 20.6 Å². The van der Waals surface area contributed by atoms with Gasteiger partial charge in [-0.05, 0) is 72.5 Å². The predicted octanol–water partition coefficient (Wildman–Crippen LogP) is 6.94. The minimum absolute atomic E-state index is 0.0303. The molecular formula is C38H33F3N6O7S5. The number of halogens is 3. The van der Waals surface area contributed by atoms with Crippen LogP contribution in [0.25, 0.3) is 10.2 Å². The van der Waals surface area contributed by atoms with E-state index in [4.69, 9.17) is 0 Å². The largest absolute Gasteiger partial charge is 0.501 e. The van der Waals surface area contributed by atoms with Crippen LogP contribution in [0.1, 0.15) is 38.4 Å². The van der Waals surface area contributed by atoms with Gasteiger partial charge in [0.15, 0.2) is 10.3 Å². The van der Waals surface area contributed by atoms with Crippen molar-refractivity contribution in [3.63, 3.8) is 0 Å². The number of sulfone groups is 1. The fraction of sp³-hybridized carbons (Fsp3) is 0.211. The number of hydrogen-bond donors (Lipinski definition) is 4. The predicted molar refractivity (Wildman–Crippen MR) is 221 cm³/mol. The van der Waals surface area contributed by atoms with Gasteiger partial charge in [-0.2, -0.15) is 13.2 Å². The van der Waals surface area contributed by atoms with E-state index in [9.17, 15) is 44.7 Å². The average molecular weight is 903 g/mol. The van der Waals surface area contributed by atoms with Gasteiger partial charge in [0.1, 0.15) is 10.6 Å². The number of nitrogens with zero attached hydrogens (tertiary/aromatic N) is 3. The van der Waals surface area contributed by atoms with Gasteiger partial charge in [-0.3, -0.25) is 14.9 Å². The minimum Gasteiger partial charge on any atom is -0.396 e. The zero-order chi connectivity index (χ0) is 42.0. The van der Waals surface area contributed by atoms with Crippen LogP contribution in [0.15, 0.2) is 111 Å². The number of anilines is 3. The number of thioether (sulfide) groups is 1. The van der Waals surface area contributed by atoms with Crippen molar-refractivity contribution in [2.24, 2.45) is 0 Å². The van der Waals surface area contributed by atoms with Crippen LogP contribution in [0, 0.1) is 0 Å². The number of fused-ring (bicyclic) bond motifs is 2. The second-order valence-electron chi connectivity index (χ2n) is 13.1. The summed E-state index contributed by atoms with van der Waals surface area (Å²) in [6, 6.07) is 23.2. The summed E-state index contributed by atoms with van der Waals surface area (Å²) in [6.07, 6.45) is 0.566. The number of hydrogen-bond acceptors (Lipinski definition) is 14. The van der Waals surface area contributed by atoms with Crippen LogP contribution in [-0.4, -0.2) is 74.2 Å². The quantitative estimate of drug-likeness (QED) is 0.0827. The summed E-state index contributed by atoms with van der Waals surface area (Å²) >= 11 is 3.70. The molecular weight excluding hydrogens is 870 g/mol. The van der Waals surface area contributed by atoms with E-state index in [0.717, 1.165) is 49.7 Å². The van der Waals surface area contributed by atoms with Crippen molar-refractivity contribution in [2.75, 3.05) is 34.4 Å². The first-order valence-electron chi connectivity index (χ1n) is 17.7. The number of aliphatic hydroxyl groups is 1. The van der Waals surface area contributed by atoms with Gasteiger partial charge < -0.3 is 15.3 Å². The van der Waals surface area contributed by atoms with E-state index in [1.807, 2.05) is 35.2 Å². The molecule has 4 N–H and O–H groups in total. The van der Waals surface area contributed by atoms with E-state index < -0.39 is 52.8 Å². The molecule has 1 aliphatic heterocycles. The Bertz CT molecular complexity index is 2710. The number of thiazole rings is 2. The number of nitrogens with one attached hydrogen (secondary N) is 3. The molecule has 2 amide bonds. The standard InChI is InChI=1S/C38H33F3N6O7S5/c39-38(40,41)58(51,52)33-19-26(13-14-30(33)42-24(16-18-48)21-55-25-8-2-1-3-9-25)59(53,54)46-35(50)31-22-56-37(44-31)47-17-15-23-7-6-10-27(28(23)20-47)34(49)45-36-43-29-11-4-5-12-32(29)57-36/h1-14,19,22,24,42,48H,15-18,20-21H2,(H,46,50)(H,43,45,49)/t24-/m1/s1. The minimum atomic E-state index is -6.11. The molecule has 21 heteroatoms. The van der Waals surface area contributed by atoms with E-state index in [1.165, 1.54) is 28.5 Å². The number of rotatable bonds is 14. The molecule has 308 valence electrons. The van der Waals surface area contributed by atoms with Crippen LogP contribution >= 0.6 is 34.4 Å². The molecule has 0 aliphatic carbocycles. The van der Waals surface area contributed by atoms with E-state index >= 15 is 0 Å². The summed E-state index contributed by atoms with van der Waals surface area (Å²) in [5.41, 5.74) is -3.78. The van der Waals surface area contributed by atoms with Crippen LogP contribution in [0.3, 0.4) is 0 Å². The van der Waals surface area contributed by atoms with E-state index in [-0.39, 0.29) is 36.9 Å². The number of carbonyl (C=O) groups is 2. The first-order chi connectivity index (χ1) is 28.1. The van der Waals surface area contributed by atoms with Crippen LogP contribution in [0.5, 0.6) is 0 Å². The fourth-order valence-electron chi connectivity index (χ4n) is 6.22. The second-order valence-corrected chi connectivity index (χ2v) is 19.6. The molecule has 1 aliphatic rings. The molecule has 0 spiro atoms. The molecule has 4 aromatic carbocycles. The van der Waals surface area contributed by atoms with Crippen LogP contribution < -0.4 is 20.3 Å². The Morgan fingerprint density at radius 3 is 2.44 bits per heavy atom. The summed E-state index contributed by atoms with van der Waals surface area (Å²) < 4.78 is 96.9. The highest BCUT2D eigenvalue weighted by Crippen LogP contribution is 2.37. The molecule has 0 fully saturated rings. The number of benzene rings is 4. The Hall–Kier alpha value is -5.06. The molecule has 7 rings (SSSR count). The third kappa shape index (κ3) is 9.39. The molecule has 0 bridgehead atoms. The lowest BCUT2D eigenvalue weighted by Crippen LogP contribution is -2.33. The molecule has 0 saturated carbocycles. The van der Waals surface area contributed by atoms with Gasteiger partial charge >= 0.3 is 5.51 Å². The maximum absolute atomic E-state index is 13.9. The zero-order valence-corrected chi connectivity index (χ0v) is 34.6. The Labute approximate surface area is 348 Å². The molecule has 59 heavy (non-hydrogen) atoms. The second kappa shape index (κ2) is 17.3. The van der Waals surface area contributed by atoms with Crippen molar-refractivity contribution in [3.8, 4) is 0 Å². The van der Waals surface area contributed by atoms with Crippen molar-refractivity contribution in [1.82, 2.24) is 14.7 Å². The smallest absolute Gasteiger partial charge is 0.396 e. The van der Waals surface area contributed by atoms with Crippen LogP contribution in [0.4, 0.5) is 29.1 Å². The molecule has 0 saturated heterocycles. The third-order valence-corrected chi connectivity index (χ3v) is 15.0. The van der Waals surface area contributed by atoms with Crippen molar-refractivity contribution >= 4 is 92.3 Å². The summed E-state index contributed by atoms with van der Waals surface area (Å²) in [6.45, 7) is 0.330. The van der Waals surface area contributed by atoms with Crippen molar-refractivity contribution in [3.05, 3.63) is 119 Å². The summed E-state index contributed by atoms with van der Waals surface area (Å²) in [5, 5.41) is 17.3. The number of para-hydroxylation sites is 1. The van der Waals surface area contributed by atoms with Crippen molar-refractivity contribution in [2.45, 2.75) is 45.6 Å². The Morgan fingerprint density at radius 2 is 1.69 bits per heavy atom. The Balaban J connectivity index is 1.07. The summed E-state index contributed by atoms with van der Waals surface area (Å²) in [4.78, 5) is 35.9. The number of alkyl halides is 3. The van der Waals surface area contributed by atoms with Crippen LogP contribution in [-0.2, 0) is 32.8 Å². The normalized spacial score (nSPS) is 13.8. The molecule has 6 aromatic rings. The van der Waals surface area contributed by atoms with Gasteiger partial charge in [0, 0.05) is 47.3 Å². The molecule has 2 aromatic heterocycles. The Morgan fingerprint density at radius 1 is 0.932 bits per heavy atom. The van der Waals surface area contributed by atoms with Crippen molar-refractivity contribution in [1.29, 1.82) is 0 Å². The summed E-state index contributed by atoms with van der Waals surface area (Å²) in [7, 11) is -11.1. The first kappa shape index (κ1) is 42.1. The van der Waals surface area contributed by atoms with Gasteiger partial charge in [0.05, 0.1) is 20.8 Å². The van der Waals surface area contributed by atoms with E-state index in [0.29, 0.717) is 34.9 Å². The molecule has 13 nitrogen and oxygen atoms in total. The Kier molecular flexibility index (Phi) is 12.3. The maximum atomic E-state index is 13.9. The lowest BCUT2D eigenvalue weighted by Gasteiger charge is -2.29. The molecule has 0 radical (unpaired) electrons. The number of carbonyl (C=O) groups excluding carboxylic acids is 2. The molecule has 0 unspecified atom stereocenters. The first-order valence-corrected chi connectivity index (χ1v) is 23.3. The van der Waals surface area contributed by atoms with Gasteiger partial charge in [-0.25, -0.2) is 31.5 Å². The third-order valence-electron chi connectivity index (χ3n) is 9.14. The highest BCUT2D eigenvalue weighted by molar-refractivity contribution is 7.99. The van der Waals surface area contributed by atoms with Gasteiger partial charge in [-0.15, -0.1) is 23.1 Å². The fourth-order valence-corrected chi connectivity index (χ4v) is 10.9. The molecule has 1 atom stereocenters. The molecule has 3 heterocycles. The van der Waals surface area contributed by atoms with Gasteiger partial charge in [0.2, 0.25) is 0 Å². The van der Waals surface area contributed by atoms with Gasteiger partial charge in [0.25, 0.3) is 31.7 Å². The topological polar surface area (TPSA) is 188 Å². The SMILES string of the molecule is O=C(NS(=O)(=O)c1ccc(N[C@H](CCO)CSc2ccccc2)c(S(=O)(=O)C(F)(F)F)c1)c1csc(N2CCc3cccc(C(=O)Nc4nc5ccccc5s4)c3C2)n1. The summed E-state index contributed by atoms with van der Waals surface area (Å²) in [5.74, 6) is -1.34. The number of aromatic nitrogens is 2. The monoisotopic (exact) mass is 902 g/mol. The van der Waals surface area contributed by atoms with Gasteiger partial charge in [-0.1, -0.05) is 53.8 Å². The number of sulfonamides is 1. The highest BCUT2D eigenvalue weighted by atomic mass is 32.2. The number of aliphatic hydroxyl groups excluding tert-OH is 1. The zero-order valence-electron chi connectivity index (χ0n) is 30.5. The highest BCUT2D eigenvalue weighted by Gasteiger charge is 2.48.